The first-order valence-corrected chi connectivity index (χ1v) is 5.88. The molecule has 16 heavy (non-hydrogen) atoms. The Morgan fingerprint density at radius 1 is 1.44 bits per heavy atom. The number of pyridine rings is 1. The Bertz CT molecular complexity index is 317. The summed E-state index contributed by atoms with van der Waals surface area (Å²) in [5.41, 5.74) is 1.16. The van der Waals surface area contributed by atoms with Crippen LogP contribution in [0.2, 0.25) is 0 Å². The van der Waals surface area contributed by atoms with Crippen LogP contribution in [-0.4, -0.2) is 36.1 Å². The van der Waals surface area contributed by atoms with Crippen molar-refractivity contribution in [2.75, 3.05) is 26.2 Å². The SMILES string of the molecule is C=CC[C@@H](c1ccccn1)N1CCNCC1. The lowest BCUT2D eigenvalue weighted by atomic mass is 10.1. The molecule has 86 valence electrons. The van der Waals surface area contributed by atoms with Gasteiger partial charge in [0.1, 0.15) is 0 Å². The van der Waals surface area contributed by atoms with Crippen LogP contribution in [0.15, 0.2) is 37.1 Å². The maximum atomic E-state index is 4.46. The van der Waals surface area contributed by atoms with Gasteiger partial charge in [0.25, 0.3) is 0 Å². The molecule has 0 amide bonds. The fourth-order valence-electron chi connectivity index (χ4n) is 2.18. The van der Waals surface area contributed by atoms with E-state index in [1.807, 2.05) is 18.3 Å². The predicted octanol–water partition coefficient (Wildman–Crippen LogP) is 1.60. The number of nitrogens with zero attached hydrogens (tertiary/aromatic N) is 2. The molecule has 1 aliphatic heterocycles. The van der Waals surface area contributed by atoms with Crippen molar-refractivity contribution in [1.82, 2.24) is 15.2 Å². The van der Waals surface area contributed by atoms with Gasteiger partial charge in [-0.05, 0) is 18.6 Å². The Morgan fingerprint density at radius 3 is 2.88 bits per heavy atom. The number of hydrogen-bond donors (Lipinski definition) is 1. The van der Waals surface area contributed by atoms with Crippen LogP contribution >= 0.6 is 0 Å². The summed E-state index contributed by atoms with van der Waals surface area (Å²) in [4.78, 5) is 6.95. The third-order valence-electron chi connectivity index (χ3n) is 3.01. The fourth-order valence-corrected chi connectivity index (χ4v) is 2.18. The van der Waals surface area contributed by atoms with Gasteiger partial charge in [0, 0.05) is 32.4 Å². The fraction of sp³-hybridized carbons (Fsp3) is 0.462. The molecule has 2 heterocycles. The molecule has 2 rings (SSSR count). The van der Waals surface area contributed by atoms with Crippen LogP contribution in [0, 0.1) is 0 Å². The third kappa shape index (κ3) is 2.68. The Balaban J connectivity index is 2.12. The molecular weight excluding hydrogens is 198 g/mol. The van der Waals surface area contributed by atoms with Gasteiger partial charge < -0.3 is 5.32 Å². The maximum absolute atomic E-state index is 4.46. The van der Waals surface area contributed by atoms with Crippen molar-refractivity contribution >= 4 is 0 Å². The minimum atomic E-state index is 0.390. The Hall–Kier alpha value is -1.19. The van der Waals surface area contributed by atoms with Crippen molar-refractivity contribution < 1.29 is 0 Å². The lowest BCUT2D eigenvalue weighted by Gasteiger charge is -2.34. The van der Waals surface area contributed by atoms with E-state index in [4.69, 9.17) is 0 Å². The van der Waals surface area contributed by atoms with Crippen LogP contribution in [0.25, 0.3) is 0 Å². The van der Waals surface area contributed by atoms with Crippen LogP contribution < -0.4 is 5.32 Å². The maximum Gasteiger partial charge on any atom is 0.0578 e. The molecule has 1 atom stereocenters. The number of hydrogen-bond acceptors (Lipinski definition) is 3. The van der Waals surface area contributed by atoms with Crippen LogP contribution in [-0.2, 0) is 0 Å². The average molecular weight is 217 g/mol. The van der Waals surface area contributed by atoms with Crippen molar-refractivity contribution in [3.05, 3.63) is 42.7 Å². The average Bonchev–Trinajstić information content (AvgIpc) is 2.38. The summed E-state index contributed by atoms with van der Waals surface area (Å²) in [6, 6.07) is 6.52. The molecule has 0 aromatic carbocycles. The van der Waals surface area contributed by atoms with Gasteiger partial charge in [-0.15, -0.1) is 6.58 Å². The highest BCUT2D eigenvalue weighted by molar-refractivity contribution is 5.10. The summed E-state index contributed by atoms with van der Waals surface area (Å²) in [6.45, 7) is 8.18. The molecule has 0 unspecified atom stereocenters. The Labute approximate surface area is 97.2 Å². The first kappa shape index (κ1) is 11.3. The second-order valence-corrected chi connectivity index (χ2v) is 4.08. The first-order chi connectivity index (χ1) is 7.92. The summed E-state index contributed by atoms with van der Waals surface area (Å²) >= 11 is 0. The van der Waals surface area contributed by atoms with Gasteiger partial charge >= 0.3 is 0 Å². The molecule has 3 nitrogen and oxygen atoms in total. The van der Waals surface area contributed by atoms with E-state index in [0.717, 1.165) is 38.3 Å². The van der Waals surface area contributed by atoms with Crippen molar-refractivity contribution in [3.8, 4) is 0 Å². The monoisotopic (exact) mass is 217 g/mol. The Kier molecular flexibility index (Phi) is 4.08. The molecule has 1 saturated heterocycles. The van der Waals surface area contributed by atoms with Gasteiger partial charge in [0.15, 0.2) is 0 Å². The van der Waals surface area contributed by atoms with Gasteiger partial charge in [-0.3, -0.25) is 9.88 Å². The van der Waals surface area contributed by atoms with Gasteiger partial charge in [-0.2, -0.15) is 0 Å². The summed E-state index contributed by atoms with van der Waals surface area (Å²) in [7, 11) is 0. The number of nitrogens with one attached hydrogen (secondary N) is 1. The Morgan fingerprint density at radius 2 is 2.25 bits per heavy atom. The van der Waals surface area contributed by atoms with E-state index in [1.165, 1.54) is 0 Å². The molecule has 0 saturated carbocycles. The lowest BCUT2D eigenvalue weighted by Crippen LogP contribution is -2.45. The van der Waals surface area contributed by atoms with Gasteiger partial charge in [-0.1, -0.05) is 12.1 Å². The normalized spacial score (nSPS) is 19.2. The van der Waals surface area contributed by atoms with E-state index in [9.17, 15) is 0 Å². The molecule has 0 spiro atoms. The molecule has 3 heteroatoms. The molecule has 0 radical (unpaired) electrons. The standard InChI is InChI=1S/C13H19N3/c1-2-5-13(12-6-3-4-7-15-12)16-10-8-14-9-11-16/h2-4,6-7,13-14H,1,5,8-11H2/t13-/m0/s1. The summed E-state index contributed by atoms with van der Waals surface area (Å²) in [5, 5.41) is 3.38. The number of aromatic nitrogens is 1. The zero-order valence-corrected chi connectivity index (χ0v) is 9.60. The van der Waals surface area contributed by atoms with Crippen LogP contribution in [0.1, 0.15) is 18.2 Å². The van der Waals surface area contributed by atoms with E-state index >= 15 is 0 Å². The van der Waals surface area contributed by atoms with E-state index in [2.05, 4.69) is 33.9 Å². The molecule has 1 fully saturated rings. The van der Waals surface area contributed by atoms with Crippen molar-refractivity contribution in [3.63, 3.8) is 0 Å². The quantitative estimate of drug-likeness (QED) is 0.777. The van der Waals surface area contributed by atoms with Gasteiger partial charge in [0.2, 0.25) is 0 Å². The van der Waals surface area contributed by atoms with Crippen LogP contribution in [0.5, 0.6) is 0 Å². The summed E-state index contributed by atoms with van der Waals surface area (Å²) in [6.07, 6.45) is 4.83. The molecule has 0 bridgehead atoms. The van der Waals surface area contributed by atoms with Gasteiger partial charge in [-0.25, -0.2) is 0 Å². The second-order valence-electron chi connectivity index (χ2n) is 4.08. The topological polar surface area (TPSA) is 28.2 Å². The molecule has 1 aliphatic rings. The minimum Gasteiger partial charge on any atom is -0.314 e. The van der Waals surface area contributed by atoms with E-state index in [0.29, 0.717) is 6.04 Å². The van der Waals surface area contributed by atoms with E-state index in [1.54, 1.807) is 0 Å². The van der Waals surface area contributed by atoms with Crippen LogP contribution in [0.3, 0.4) is 0 Å². The molecule has 1 aromatic heterocycles. The van der Waals surface area contributed by atoms with E-state index < -0.39 is 0 Å². The summed E-state index contributed by atoms with van der Waals surface area (Å²) < 4.78 is 0. The first-order valence-electron chi connectivity index (χ1n) is 5.88. The van der Waals surface area contributed by atoms with Crippen LogP contribution in [0.4, 0.5) is 0 Å². The molecular formula is C13H19N3. The molecule has 1 aromatic rings. The zero-order valence-electron chi connectivity index (χ0n) is 9.60. The second kappa shape index (κ2) is 5.77. The van der Waals surface area contributed by atoms with Gasteiger partial charge in [0.05, 0.1) is 11.7 Å². The van der Waals surface area contributed by atoms with E-state index in [-0.39, 0.29) is 0 Å². The highest BCUT2D eigenvalue weighted by Crippen LogP contribution is 2.22. The summed E-state index contributed by atoms with van der Waals surface area (Å²) in [5.74, 6) is 0. The highest BCUT2D eigenvalue weighted by Gasteiger charge is 2.21. The molecule has 1 N–H and O–H groups in total. The van der Waals surface area contributed by atoms with Crippen molar-refractivity contribution in [1.29, 1.82) is 0 Å². The van der Waals surface area contributed by atoms with Crippen molar-refractivity contribution in [2.45, 2.75) is 12.5 Å². The number of rotatable bonds is 4. The number of piperazine rings is 1. The smallest absolute Gasteiger partial charge is 0.0578 e. The minimum absolute atomic E-state index is 0.390. The third-order valence-corrected chi connectivity index (χ3v) is 3.01. The predicted molar refractivity (Wildman–Crippen MR) is 66.2 cm³/mol. The highest BCUT2D eigenvalue weighted by atomic mass is 15.2. The largest absolute Gasteiger partial charge is 0.314 e. The zero-order chi connectivity index (χ0) is 11.2. The van der Waals surface area contributed by atoms with Crippen molar-refractivity contribution in [2.24, 2.45) is 0 Å². The molecule has 0 aliphatic carbocycles. The lowest BCUT2D eigenvalue weighted by molar-refractivity contribution is 0.171.